The van der Waals surface area contributed by atoms with Crippen LogP contribution in [0.3, 0.4) is 0 Å². The summed E-state index contributed by atoms with van der Waals surface area (Å²) in [5.41, 5.74) is 0.878. The zero-order valence-electron chi connectivity index (χ0n) is 14.4. The topological polar surface area (TPSA) is 63.7 Å². The Morgan fingerprint density at radius 3 is 2.48 bits per heavy atom. The molecule has 4 rings (SSSR count). The summed E-state index contributed by atoms with van der Waals surface area (Å²) in [5, 5.41) is 0. The standard InChI is InChI=1S/C20H23NO4/c1-2-3-9-25-20(24)14-5-4-6-15(11-14)21-18(22)16-12-7-8-13(10-12)17(16)19(21)23/h4-6,11-13,16-17H,2-3,7-10H2,1H3/t12-,13-,16-,17-/m0/s1. The molecule has 2 amide bonds. The number of ether oxygens (including phenoxy) is 1. The number of imide groups is 1. The van der Waals surface area contributed by atoms with E-state index in [0.29, 0.717) is 29.7 Å². The van der Waals surface area contributed by atoms with E-state index in [-0.39, 0.29) is 23.7 Å². The normalized spacial score (nSPS) is 30.0. The number of rotatable bonds is 5. The van der Waals surface area contributed by atoms with Gasteiger partial charge in [0.05, 0.1) is 29.7 Å². The van der Waals surface area contributed by atoms with Crippen LogP contribution in [0.1, 0.15) is 49.4 Å². The third-order valence-corrected chi connectivity index (χ3v) is 6.00. The first-order valence-electron chi connectivity index (χ1n) is 9.26. The summed E-state index contributed by atoms with van der Waals surface area (Å²) < 4.78 is 5.23. The van der Waals surface area contributed by atoms with Gasteiger partial charge in [-0.3, -0.25) is 14.5 Å². The summed E-state index contributed by atoms with van der Waals surface area (Å²) >= 11 is 0. The molecule has 2 saturated carbocycles. The van der Waals surface area contributed by atoms with E-state index < -0.39 is 5.97 Å². The van der Waals surface area contributed by atoms with Gasteiger partial charge in [0.25, 0.3) is 0 Å². The van der Waals surface area contributed by atoms with Crippen molar-refractivity contribution in [3.63, 3.8) is 0 Å². The van der Waals surface area contributed by atoms with E-state index in [1.165, 1.54) is 4.90 Å². The Morgan fingerprint density at radius 1 is 1.16 bits per heavy atom. The number of unbranched alkanes of at least 4 members (excludes halogenated alkanes) is 1. The Bertz CT molecular complexity index is 700. The monoisotopic (exact) mass is 341 g/mol. The van der Waals surface area contributed by atoms with Crippen LogP contribution in [0.25, 0.3) is 0 Å². The molecule has 5 heteroatoms. The number of esters is 1. The van der Waals surface area contributed by atoms with Crippen molar-refractivity contribution >= 4 is 23.5 Å². The summed E-state index contributed by atoms with van der Waals surface area (Å²) in [5.74, 6) is -0.151. The largest absolute Gasteiger partial charge is 0.462 e. The fraction of sp³-hybridized carbons (Fsp3) is 0.550. The lowest BCUT2D eigenvalue weighted by molar-refractivity contribution is -0.123. The van der Waals surface area contributed by atoms with E-state index >= 15 is 0 Å². The second kappa shape index (κ2) is 6.28. The molecule has 1 heterocycles. The SMILES string of the molecule is CCCCOC(=O)c1cccc(N2C(=O)[C@H]3[C@H]4CC[C@@H](C4)[C@@H]3C2=O)c1. The van der Waals surface area contributed by atoms with Gasteiger partial charge in [0.15, 0.2) is 0 Å². The highest BCUT2D eigenvalue weighted by Crippen LogP contribution is 2.56. The molecule has 25 heavy (non-hydrogen) atoms. The number of hydrogen-bond donors (Lipinski definition) is 0. The van der Waals surface area contributed by atoms with Crippen LogP contribution in [0.5, 0.6) is 0 Å². The summed E-state index contributed by atoms with van der Waals surface area (Å²) in [7, 11) is 0. The van der Waals surface area contributed by atoms with E-state index in [1.54, 1.807) is 24.3 Å². The average Bonchev–Trinajstić information content (AvgIpc) is 3.29. The number of carbonyl (C=O) groups is 3. The molecule has 0 N–H and O–H groups in total. The van der Waals surface area contributed by atoms with Gasteiger partial charge >= 0.3 is 5.97 Å². The van der Waals surface area contributed by atoms with Crippen LogP contribution in [0, 0.1) is 23.7 Å². The third kappa shape index (κ3) is 2.57. The van der Waals surface area contributed by atoms with E-state index in [9.17, 15) is 14.4 Å². The number of benzene rings is 1. The van der Waals surface area contributed by atoms with Gasteiger partial charge in [-0.05, 0) is 55.7 Å². The molecule has 0 aromatic heterocycles. The van der Waals surface area contributed by atoms with Gasteiger partial charge in [-0.2, -0.15) is 0 Å². The highest BCUT2D eigenvalue weighted by atomic mass is 16.5. The predicted octanol–water partition coefficient (Wildman–Crippen LogP) is 3.18. The molecule has 1 aromatic carbocycles. The number of anilines is 1. The van der Waals surface area contributed by atoms with E-state index in [4.69, 9.17) is 4.74 Å². The minimum absolute atomic E-state index is 0.0845. The van der Waals surface area contributed by atoms with Gasteiger partial charge in [0.1, 0.15) is 0 Å². The third-order valence-electron chi connectivity index (χ3n) is 6.00. The summed E-state index contributed by atoms with van der Waals surface area (Å²) in [4.78, 5) is 39.2. The maximum absolute atomic E-state index is 12.9. The average molecular weight is 341 g/mol. The van der Waals surface area contributed by atoms with Crippen molar-refractivity contribution in [2.75, 3.05) is 11.5 Å². The number of hydrogen-bond acceptors (Lipinski definition) is 4. The molecule has 5 nitrogen and oxygen atoms in total. The molecular weight excluding hydrogens is 318 g/mol. The van der Waals surface area contributed by atoms with E-state index in [1.807, 2.05) is 6.92 Å². The Morgan fingerprint density at radius 2 is 1.84 bits per heavy atom. The zero-order chi connectivity index (χ0) is 17.6. The highest BCUT2D eigenvalue weighted by molar-refractivity contribution is 6.22. The molecule has 2 bridgehead atoms. The van der Waals surface area contributed by atoms with Gasteiger partial charge in [-0.1, -0.05) is 19.4 Å². The Hall–Kier alpha value is -2.17. The number of carbonyl (C=O) groups excluding carboxylic acids is 3. The quantitative estimate of drug-likeness (QED) is 0.469. The molecule has 1 saturated heterocycles. The zero-order valence-corrected chi connectivity index (χ0v) is 14.4. The predicted molar refractivity (Wildman–Crippen MR) is 91.9 cm³/mol. The smallest absolute Gasteiger partial charge is 0.338 e. The maximum atomic E-state index is 12.9. The second-order valence-corrected chi connectivity index (χ2v) is 7.44. The Labute approximate surface area is 147 Å². The molecule has 0 spiro atoms. The lowest BCUT2D eigenvalue weighted by Crippen LogP contribution is -2.32. The molecular formula is C20H23NO4. The van der Waals surface area contributed by atoms with Crippen LogP contribution in [-0.4, -0.2) is 24.4 Å². The summed E-state index contributed by atoms with van der Waals surface area (Å²) in [6.45, 7) is 2.41. The van der Waals surface area contributed by atoms with Crippen molar-refractivity contribution in [2.24, 2.45) is 23.7 Å². The summed E-state index contributed by atoms with van der Waals surface area (Å²) in [6, 6.07) is 6.69. The molecule has 0 unspecified atom stereocenters. The first kappa shape index (κ1) is 16.3. The van der Waals surface area contributed by atoms with Crippen molar-refractivity contribution in [3.8, 4) is 0 Å². The fourth-order valence-corrected chi connectivity index (χ4v) is 4.83. The van der Waals surface area contributed by atoms with E-state index in [0.717, 1.165) is 32.1 Å². The Kier molecular flexibility index (Phi) is 4.10. The number of amides is 2. The van der Waals surface area contributed by atoms with Crippen molar-refractivity contribution < 1.29 is 19.1 Å². The molecule has 132 valence electrons. The van der Waals surface area contributed by atoms with Crippen LogP contribution < -0.4 is 4.90 Å². The van der Waals surface area contributed by atoms with Gasteiger partial charge in [0, 0.05) is 0 Å². The minimum Gasteiger partial charge on any atom is -0.462 e. The maximum Gasteiger partial charge on any atom is 0.338 e. The Balaban J connectivity index is 1.56. The van der Waals surface area contributed by atoms with Crippen LogP contribution >= 0.6 is 0 Å². The number of fused-ring (bicyclic) bond motifs is 5. The van der Waals surface area contributed by atoms with Crippen molar-refractivity contribution in [2.45, 2.75) is 39.0 Å². The van der Waals surface area contributed by atoms with Crippen molar-refractivity contribution in [1.82, 2.24) is 0 Å². The fourth-order valence-electron chi connectivity index (χ4n) is 4.83. The molecule has 3 fully saturated rings. The van der Waals surface area contributed by atoms with Crippen LogP contribution in [0.2, 0.25) is 0 Å². The van der Waals surface area contributed by atoms with Gasteiger partial charge in [-0.25, -0.2) is 4.79 Å². The molecule has 1 aliphatic heterocycles. The molecule has 2 aliphatic carbocycles. The first-order chi connectivity index (χ1) is 12.1. The van der Waals surface area contributed by atoms with Crippen LogP contribution in [0.4, 0.5) is 5.69 Å². The highest BCUT2D eigenvalue weighted by Gasteiger charge is 2.61. The van der Waals surface area contributed by atoms with Gasteiger partial charge in [0.2, 0.25) is 11.8 Å². The van der Waals surface area contributed by atoms with E-state index in [2.05, 4.69) is 0 Å². The van der Waals surface area contributed by atoms with Crippen molar-refractivity contribution in [3.05, 3.63) is 29.8 Å². The summed E-state index contributed by atoms with van der Waals surface area (Å²) in [6.07, 6.45) is 4.91. The number of nitrogens with zero attached hydrogens (tertiary/aromatic N) is 1. The van der Waals surface area contributed by atoms with Crippen LogP contribution in [-0.2, 0) is 14.3 Å². The minimum atomic E-state index is -0.408. The first-order valence-corrected chi connectivity index (χ1v) is 9.26. The lowest BCUT2D eigenvalue weighted by atomic mass is 9.81. The molecule has 1 aromatic rings. The van der Waals surface area contributed by atoms with Gasteiger partial charge < -0.3 is 4.74 Å². The molecule has 0 radical (unpaired) electrons. The second-order valence-electron chi connectivity index (χ2n) is 7.44. The molecule has 3 aliphatic rings. The lowest BCUT2D eigenvalue weighted by Gasteiger charge is -2.19. The van der Waals surface area contributed by atoms with Gasteiger partial charge in [-0.15, -0.1) is 0 Å². The van der Waals surface area contributed by atoms with Crippen molar-refractivity contribution in [1.29, 1.82) is 0 Å². The van der Waals surface area contributed by atoms with Crippen LogP contribution in [0.15, 0.2) is 24.3 Å². The molecule has 4 atom stereocenters.